The van der Waals surface area contributed by atoms with Crippen molar-refractivity contribution in [2.24, 2.45) is 5.41 Å². The molecule has 0 heterocycles. The van der Waals surface area contributed by atoms with E-state index >= 15 is 0 Å². The summed E-state index contributed by atoms with van der Waals surface area (Å²) in [6.45, 7) is 12.6. The zero-order valence-corrected chi connectivity index (χ0v) is 15.6. The second kappa shape index (κ2) is 6.43. The molecule has 0 spiro atoms. The fourth-order valence-electron chi connectivity index (χ4n) is 5.95. The largest absolute Gasteiger partial charge is 0.103 e. The number of hydrogen-bond donors (Lipinski definition) is 0. The summed E-state index contributed by atoms with van der Waals surface area (Å²) in [7, 11) is 0. The first kappa shape index (κ1) is 17.1. The number of benzene rings is 2. The normalized spacial score (nSPS) is 25.3. The van der Waals surface area contributed by atoms with Gasteiger partial charge in [-0.1, -0.05) is 66.8 Å². The van der Waals surface area contributed by atoms with Crippen LogP contribution >= 0.6 is 0 Å². The maximum atomic E-state index is 4.37. The molecule has 0 nitrogen and oxygen atoms in total. The summed E-state index contributed by atoms with van der Waals surface area (Å²) in [6.07, 6.45) is 11.9. The third-order valence-electron chi connectivity index (χ3n) is 6.83. The van der Waals surface area contributed by atoms with Crippen molar-refractivity contribution in [2.45, 2.75) is 43.4 Å². The molecule has 2 unspecified atom stereocenters. The summed E-state index contributed by atoms with van der Waals surface area (Å²) in [5.41, 5.74) is 6.10. The molecule has 26 heavy (non-hydrogen) atoms. The summed E-state index contributed by atoms with van der Waals surface area (Å²) >= 11 is 0. The fraction of sp³-hybridized carbons (Fsp3) is 0.308. The number of rotatable bonds is 6. The molecular formula is C26H28. The van der Waals surface area contributed by atoms with Gasteiger partial charge in [-0.15, -0.1) is 19.7 Å². The first-order valence-corrected chi connectivity index (χ1v) is 9.72. The zero-order valence-electron chi connectivity index (χ0n) is 15.6. The van der Waals surface area contributed by atoms with E-state index in [4.69, 9.17) is 0 Å². The summed E-state index contributed by atoms with van der Waals surface area (Å²) in [5.74, 6) is 0.420. The van der Waals surface area contributed by atoms with Crippen LogP contribution < -0.4 is 0 Å². The van der Waals surface area contributed by atoms with E-state index in [0.717, 1.165) is 32.1 Å². The molecule has 0 aromatic heterocycles. The van der Waals surface area contributed by atoms with Gasteiger partial charge in [0.15, 0.2) is 0 Å². The van der Waals surface area contributed by atoms with E-state index in [1.807, 2.05) is 0 Å². The zero-order chi connectivity index (χ0) is 18.2. The van der Waals surface area contributed by atoms with E-state index in [1.54, 1.807) is 0 Å². The Balaban J connectivity index is 1.97. The summed E-state index contributed by atoms with van der Waals surface area (Å²) in [4.78, 5) is 0. The van der Waals surface area contributed by atoms with E-state index in [1.165, 1.54) is 22.3 Å². The molecule has 2 aliphatic carbocycles. The topological polar surface area (TPSA) is 0 Å². The lowest BCUT2D eigenvalue weighted by Crippen LogP contribution is -2.39. The van der Waals surface area contributed by atoms with Crippen molar-refractivity contribution in [3.63, 3.8) is 0 Å². The van der Waals surface area contributed by atoms with Crippen molar-refractivity contribution in [3.05, 3.63) is 109 Å². The minimum Gasteiger partial charge on any atom is -0.103 e. The third-order valence-corrected chi connectivity index (χ3v) is 6.83. The molecule has 0 aliphatic heterocycles. The number of allylic oxidation sites excluding steroid dienone is 3. The Morgan fingerprint density at radius 3 is 2.23 bits per heavy atom. The standard InChI is InChI=1S/C26H28/c1-4-16-25(17-5-2)19-21-12-7-9-13-22(21)24(25)26(6-3)18-15-20-11-8-10-14-23(20)26/h4-14,24H,1-3,15-19H2. The van der Waals surface area contributed by atoms with Crippen LogP contribution in [-0.2, 0) is 18.3 Å². The Morgan fingerprint density at radius 2 is 1.54 bits per heavy atom. The van der Waals surface area contributed by atoms with Crippen molar-refractivity contribution < 1.29 is 0 Å². The number of aryl methyl sites for hydroxylation is 1. The van der Waals surface area contributed by atoms with Crippen LogP contribution in [0.25, 0.3) is 0 Å². The van der Waals surface area contributed by atoms with Crippen LogP contribution in [0.15, 0.2) is 86.5 Å². The van der Waals surface area contributed by atoms with Gasteiger partial charge in [0.25, 0.3) is 0 Å². The average molecular weight is 341 g/mol. The Morgan fingerprint density at radius 1 is 0.885 bits per heavy atom. The SMILES string of the molecule is C=CCC1(CC=C)Cc2ccccc2C1C1(C=C)CCc2ccccc21. The summed E-state index contributed by atoms with van der Waals surface area (Å²) in [6, 6.07) is 18.0. The Hall–Kier alpha value is -2.34. The lowest BCUT2D eigenvalue weighted by atomic mass is 9.57. The Labute approximate surface area is 158 Å². The molecule has 0 amide bonds. The van der Waals surface area contributed by atoms with Crippen LogP contribution in [0.1, 0.15) is 47.4 Å². The van der Waals surface area contributed by atoms with E-state index in [9.17, 15) is 0 Å². The smallest absolute Gasteiger partial charge is 0.0210 e. The van der Waals surface area contributed by atoms with Crippen LogP contribution in [0.4, 0.5) is 0 Å². The summed E-state index contributed by atoms with van der Waals surface area (Å²) in [5, 5.41) is 0. The van der Waals surface area contributed by atoms with Gasteiger partial charge < -0.3 is 0 Å². The molecule has 2 aromatic rings. The highest BCUT2D eigenvalue weighted by Crippen LogP contribution is 2.63. The van der Waals surface area contributed by atoms with Gasteiger partial charge in [-0.25, -0.2) is 0 Å². The molecule has 4 rings (SSSR count). The predicted octanol–water partition coefficient (Wildman–Crippen LogP) is 6.54. The molecular weight excluding hydrogens is 312 g/mol. The van der Waals surface area contributed by atoms with Gasteiger partial charge in [0.1, 0.15) is 0 Å². The fourth-order valence-corrected chi connectivity index (χ4v) is 5.95. The molecule has 132 valence electrons. The monoisotopic (exact) mass is 340 g/mol. The van der Waals surface area contributed by atoms with Crippen molar-refractivity contribution in [1.82, 2.24) is 0 Å². The Kier molecular flexibility index (Phi) is 4.23. The van der Waals surface area contributed by atoms with Crippen LogP contribution in [0.5, 0.6) is 0 Å². The van der Waals surface area contributed by atoms with E-state index < -0.39 is 0 Å². The van der Waals surface area contributed by atoms with Crippen molar-refractivity contribution in [1.29, 1.82) is 0 Å². The highest BCUT2D eigenvalue weighted by molar-refractivity contribution is 5.52. The highest BCUT2D eigenvalue weighted by Gasteiger charge is 2.55. The van der Waals surface area contributed by atoms with Gasteiger partial charge in [-0.3, -0.25) is 0 Å². The minimum absolute atomic E-state index is 0.00475. The van der Waals surface area contributed by atoms with Crippen molar-refractivity contribution >= 4 is 0 Å². The molecule has 0 N–H and O–H groups in total. The van der Waals surface area contributed by atoms with E-state index in [2.05, 4.69) is 86.5 Å². The quantitative estimate of drug-likeness (QED) is 0.524. The van der Waals surface area contributed by atoms with Gasteiger partial charge in [0, 0.05) is 11.3 Å². The molecule has 0 bridgehead atoms. The first-order chi connectivity index (χ1) is 12.7. The third kappa shape index (κ3) is 2.28. The van der Waals surface area contributed by atoms with Crippen LogP contribution in [0, 0.1) is 5.41 Å². The molecule has 0 radical (unpaired) electrons. The lowest BCUT2D eigenvalue weighted by molar-refractivity contribution is 0.186. The minimum atomic E-state index is -0.00475. The predicted molar refractivity (Wildman–Crippen MR) is 112 cm³/mol. The van der Waals surface area contributed by atoms with Gasteiger partial charge >= 0.3 is 0 Å². The average Bonchev–Trinajstić information content (AvgIpc) is 3.18. The second-order valence-electron chi connectivity index (χ2n) is 8.06. The second-order valence-corrected chi connectivity index (χ2v) is 8.06. The first-order valence-electron chi connectivity index (χ1n) is 9.72. The van der Waals surface area contributed by atoms with E-state index in [0.29, 0.717) is 5.92 Å². The maximum Gasteiger partial charge on any atom is 0.0210 e. The molecule has 2 aromatic carbocycles. The van der Waals surface area contributed by atoms with Crippen molar-refractivity contribution in [3.8, 4) is 0 Å². The summed E-state index contributed by atoms with van der Waals surface area (Å²) < 4.78 is 0. The molecule has 0 fully saturated rings. The van der Waals surface area contributed by atoms with Gasteiger partial charge in [0.2, 0.25) is 0 Å². The lowest BCUT2D eigenvalue weighted by Gasteiger charge is -2.45. The Bertz CT molecular complexity index is 846. The van der Waals surface area contributed by atoms with Gasteiger partial charge in [0.05, 0.1) is 0 Å². The van der Waals surface area contributed by atoms with Crippen LogP contribution in [0.3, 0.4) is 0 Å². The highest BCUT2D eigenvalue weighted by atomic mass is 14.6. The molecule has 0 saturated heterocycles. The van der Waals surface area contributed by atoms with Crippen LogP contribution in [-0.4, -0.2) is 0 Å². The molecule has 2 atom stereocenters. The number of fused-ring (bicyclic) bond motifs is 2. The number of hydrogen-bond acceptors (Lipinski definition) is 0. The molecule has 0 saturated carbocycles. The molecule has 0 heteroatoms. The maximum absolute atomic E-state index is 4.37. The molecule has 2 aliphatic rings. The van der Waals surface area contributed by atoms with Crippen molar-refractivity contribution in [2.75, 3.05) is 0 Å². The van der Waals surface area contributed by atoms with E-state index in [-0.39, 0.29) is 10.8 Å². The van der Waals surface area contributed by atoms with Gasteiger partial charge in [-0.05, 0) is 59.8 Å². The van der Waals surface area contributed by atoms with Crippen LogP contribution in [0.2, 0.25) is 0 Å². The van der Waals surface area contributed by atoms with Gasteiger partial charge in [-0.2, -0.15) is 0 Å².